The summed E-state index contributed by atoms with van der Waals surface area (Å²) in [6.45, 7) is 2.31. The van der Waals surface area contributed by atoms with Crippen LogP contribution in [0.15, 0.2) is 12.3 Å². The van der Waals surface area contributed by atoms with Crippen LogP contribution >= 0.6 is 11.8 Å². The molecule has 2 rings (SSSR count). The number of pyridine rings is 1. The van der Waals surface area contributed by atoms with E-state index in [1.165, 1.54) is 6.07 Å². The standard InChI is InChI=1S/C12H15N3O4S/c1-8-4-10(15(18)19)12(13-6-8)14-2-3-20-7-9(14)5-11(16)17/h4,6,9H,2-3,5,7H2,1H3,(H,16,17). The van der Waals surface area contributed by atoms with Crippen molar-refractivity contribution in [2.24, 2.45) is 0 Å². The van der Waals surface area contributed by atoms with Crippen molar-refractivity contribution < 1.29 is 14.8 Å². The Morgan fingerprint density at radius 1 is 1.70 bits per heavy atom. The number of rotatable bonds is 4. The van der Waals surface area contributed by atoms with E-state index in [4.69, 9.17) is 5.11 Å². The highest BCUT2D eigenvalue weighted by Crippen LogP contribution is 2.31. The number of hydrogen-bond acceptors (Lipinski definition) is 6. The molecule has 1 N–H and O–H groups in total. The van der Waals surface area contributed by atoms with Crippen molar-refractivity contribution in [3.63, 3.8) is 0 Å². The van der Waals surface area contributed by atoms with Crippen LogP contribution in [-0.4, -0.2) is 45.1 Å². The zero-order valence-corrected chi connectivity index (χ0v) is 11.8. The first-order valence-electron chi connectivity index (χ1n) is 6.16. The average Bonchev–Trinajstić information content (AvgIpc) is 2.39. The van der Waals surface area contributed by atoms with Crippen LogP contribution in [0.3, 0.4) is 0 Å². The first kappa shape index (κ1) is 14.6. The largest absolute Gasteiger partial charge is 0.481 e. The molecular formula is C12H15N3O4S. The molecule has 0 amide bonds. The number of aliphatic carboxylic acids is 1. The van der Waals surface area contributed by atoms with Gasteiger partial charge in [0.1, 0.15) is 0 Å². The molecule has 1 saturated heterocycles. The number of nitro groups is 1. The summed E-state index contributed by atoms with van der Waals surface area (Å²) in [7, 11) is 0. The predicted molar refractivity (Wildman–Crippen MR) is 76.3 cm³/mol. The maximum atomic E-state index is 11.2. The highest BCUT2D eigenvalue weighted by Gasteiger charge is 2.31. The Kier molecular flexibility index (Phi) is 4.43. The molecule has 1 aromatic heterocycles. The molecule has 1 aliphatic rings. The van der Waals surface area contributed by atoms with Crippen molar-refractivity contribution in [3.05, 3.63) is 27.9 Å². The summed E-state index contributed by atoms with van der Waals surface area (Å²) in [5.41, 5.74) is 0.647. The Bertz CT molecular complexity index is 537. The summed E-state index contributed by atoms with van der Waals surface area (Å²) in [6.07, 6.45) is 1.53. The molecule has 0 aromatic carbocycles. The van der Waals surface area contributed by atoms with Gasteiger partial charge in [0.05, 0.1) is 17.4 Å². The Hall–Kier alpha value is -1.83. The van der Waals surface area contributed by atoms with Crippen LogP contribution in [-0.2, 0) is 4.79 Å². The van der Waals surface area contributed by atoms with E-state index in [9.17, 15) is 14.9 Å². The van der Waals surface area contributed by atoms with E-state index in [2.05, 4.69) is 4.98 Å². The highest BCUT2D eigenvalue weighted by molar-refractivity contribution is 7.99. The van der Waals surface area contributed by atoms with Crippen LogP contribution in [0.4, 0.5) is 11.5 Å². The van der Waals surface area contributed by atoms with E-state index < -0.39 is 10.9 Å². The summed E-state index contributed by atoms with van der Waals surface area (Å²) < 4.78 is 0. The van der Waals surface area contributed by atoms with Crippen LogP contribution in [0.5, 0.6) is 0 Å². The van der Waals surface area contributed by atoms with Gasteiger partial charge >= 0.3 is 11.7 Å². The zero-order valence-electron chi connectivity index (χ0n) is 11.0. The molecule has 108 valence electrons. The van der Waals surface area contributed by atoms with Gasteiger partial charge in [-0.05, 0) is 12.5 Å². The SMILES string of the molecule is Cc1cnc(N2CCSCC2CC(=O)O)c([N+](=O)[O-])c1. The lowest BCUT2D eigenvalue weighted by atomic mass is 10.1. The van der Waals surface area contributed by atoms with Crippen LogP contribution in [0.2, 0.25) is 0 Å². The zero-order chi connectivity index (χ0) is 14.7. The number of anilines is 1. The topological polar surface area (TPSA) is 96.6 Å². The number of thioether (sulfide) groups is 1. The molecule has 1 unspecified atom stereocenters. The number of carboxylic acids is 1. The summed E-state index contributed by atoms with van der Waals surface area (Å²) >= 11 is 1.66. The third kappa shape index (κ3) is 3.19. The van der Waals surface area contributed by atoms with E-state index in [1.807, 2.05) is 0 Å². The van der Waals surface area contributed by atoms with Crippen LogP contribution in [0, 0.1) is 17.0 Å². The van der Waals surface area contributed by atoms with Crippen LogP contribution < -0.4 is 4.90 Å². The van der Waals surface area contributed by atoms with Gasteiger partial charge in [-0.3, -0.25) is 14.9 Å². The molecular weight excluding hydrogens is 282 g/mol. The lowest BCUT2D eigenvalue weighted by molar-refractivity contribution is -0.384. The molecule has 1 aromatic rings. The second-order valence-electron chi connectivity index (χ2n) is 4.63. The van der Waals surface area contributed by atoms with Gasteiger partial charge in [-0.1, -0.05) is 0 Å². The first-order chi connectivity index (χ1) is 9.49. The molecule has 0 bridgehead atoms. The fourth-order valence-corrected chi connectivity index (χ4v) is 3.27. The molecule has 0 aliphatic carbocycles. The molecule has 0 radical (unpaired) electrons. The Balaban J connectivity index is 2.36. The van der Waals surface area contributed by atoms with Gasteiger partial charge in [0.15, 0.2) is 0 Å². The first-order valence-corrected chi connectivity index (χ1v) is 7.31. The molecule has 0 saturated carbocycles. The Morgan fingerprint density at radius 2 is 2.45 bits per heavy atom. The van der Waals surface area contributed by atoms with E-state index in [1.54, 1.807) is 29.8 Å². The van der Waals surface area contributed by atoms with Crippen molar-refractivity contribution in [2.45, 2.75) is 19.4 Å². The van der Waals surface area contributed by atoms with Crippen LogP contribution in [0.1, 0.15) is 12.0 Å². The Labute approximate surface area is 120 Å². The van der Waals surface area contributed by atoms with Crippen molar-refractivity contribution in [3.8, 4) is 0 Å². The molecule has 20 heavy (non-hydrogen) atoms. The number of carbonyl (C=O) groups is 1. The number of aromatic nitrogens is 1. The maximum Gasteiger partial charge on any atom is 0.311 e. The van der Waals surface area contributed by atoms with E-state index in [0.29, 0.717) is 17.9 Å². The summed E-state index contributed by atoms with van der Waals surface area (Å²) in [5.74, 6) is 0.811. The average molecular weight is 297 g/mol. The molecule has 0 spiro atoms. The summed E-state index contributed by atoms with van der Waals surface area (Å²) in [5, 5.41) is 20.1. The van der Waals surface area contributed by atoms with Gasteiger partial charge < -0.3 is 10.0 Å². The number of hydrogen-bond donors (Lipinski definition) is 1. The van der Waals surface area contributed by atoms with Gasteiger partial charge in [0.25, 0.3) is 0 Å². The molecule has 2 heterocycles. The quantitative estimate of drug-likeness (QED) is 0.667. The molecule has 7 nitrogen and oxygen atoms in total. The Morgan fingerprint density at radius 3 is 3.10 bits per heavy atom. The minimum atomic E-state index is -0.905. The van der Waals surface area contributed by atoms with E-state index in [0.717, 1.165) is 5.75 Å². The van der Waals surface area contributed by atoms with Crippen LogP contribution in [0.25, 0.3) is 0 Å². The van der Waals surface area contributed by atoms with E-state index >= 15 is 0 Å². The number of aryl methyl sites for hydroxylation is 1. The molecule has 1 fully saturated rings. The van der Waals surface area contributed by atoms with Gasteiger partial charge in [0.2, 0.25) is 5.82 Å². The van der Waals surface area contributed by atoms with Crippen molar-refractivity contribution in [1.82, 2.24) is 4.98 Å². The van der Waals surface area contributed by atoms with Gasteiger partial charge in [-0.15, -0.1) is 0 Å². The monoisotopic (exact) mass is 297 g/mol. The van der Waals surface area contributed by atoms with E-state index in [-0.39, 0.29) is 24.0 Å². The fourth-order valence-electron chi connectivity index (χ4n) is 2.21. The second-order valence-corrected chi connectivity index (χ2v) is 5.78. The predicted octanol–water partition coefficient (Wildman–Crippen LogP) is 1.69. The van der Waals surface area contributed by atoms with Gasteiger partial charge in [-0.2, -0.15) is 11.8 Å². The molecule has 8 heteroatoms. The lowest BCUT2D eigenvalue weighted by Crippen LogP contribution is -2.44. The fraction of sp³-hybridized carbons (Fsp3) is 0.500. The molecule has 1 atom stereocenters. The minimum absolute atomic E-state index is 0.0420. The molecule has 1 aliphatic heterocycles. The smallest absolute Gasteiger partial charge is 0.311 e. The van der Waals surface area contributed by atoms with Gasteiger partial charge in [0, 0.05) is 30.3 Å². The second kappa shape index (κ2) is 6.08. The maximum absolute atomic E-state index is 11.2. The van der Waals surface area contributed by atoms with Gasteiger partial charge in [-0.25, -0.2) is 4.98 Å². The number of carboxylic acid groups (broad SMARTS) is 1. The van der Waals surface area contributed by atoms with Crippen molar-refractivity contribution >= 4 is 29.2 Å². The highest BCUT2D eigenvalue weighted by atomic mass is 32.2. The van der Waals surface area contributed by atoms with Crippen molar-refractivity contribution in [1.29, 1.82) is 0 Å². The third-order valence-corrected chi connectivity index (χ3v) is 4.18. The normalized spacial score (nSPS) is 18.9. The number of nitrogens with zero attached hydrogens (tertiary/aromatic N) is 3. The minimum Gasteiger partial charge on any atom is -0.481 e. The lowest BCUT2D eigenvalue weighted by Gasteiger charge is -2.35. The summed E-state index contributed by atoms with van der Waals surface area (Å²) in [6, 6.07) is 1.21. The van der Waals surface area contributed by atoms with Crippen molar-refractivity contribution in [2.75, 3.05) is 23.0 Å². The summed E-state index contributed by atoms with van der Waals surface area (Å²) in [4.78, 5) is 27.5. The third-order valence-electron chi connectivity index (χ3n) is 3.09.